The smallest absolute Gasteiger partial charge is 0.261 e. The molecule has 21 heavy (non-hydrogen) atoms. The summed E-state index contributed by atoms with van der Waals surface area (Å²) in [6, 6.07) is 13.7. The summed E-state index contributed by atoms with van der Waals surface area (Å²) in [5, 5.41) is 4.96. The highest BCUT2D eigenvalue weighted by Gasteiger charge is 2.17. The van der Waals surface area contributed by atoms with Crippen molar-refractivity contribution in [1.82, 2.24) is 5.32 Å². The van der Waals surface area contributed by atoms with Crippen LogP contribution in [-0.4, -0.2) is 31.8 Å². The molecule has 0 unspecified atom stereocenters. The summed E-state index contributed by atoms with van der Waals surface area (Å²) >= 11 is 0. The van der Waals surface area contributed by atoms with Gasteiger partial charge in [0.1, 0.15) is 5.75 Å². The van der Waals surface area contributed by atoms with Crippen LogP contribution in [0, 0.1) is 0 Å². The molecule has 0 aromatic heterocycles. The SMILES string of the molecule is COC[C@@H](C)NC(=O)[C@@H](C)Oc1cccc2ccccc12. The van der Waals surface area contributed by atoms with E-state index in [0.717, 1.165) is 16.5 Å². The summed E-state index contributed by atoms with van der Waals surface area (Å²) < 4.78 is 10.8. The molecule has 0 aliphatic heterocycles. The van der Waals surface area contributed by atoms with E-state index < -0.39 is 6.10 Å². The van der Waals surface area contributed by atoms with Crippen molar-refractivity contribution in [3.05, 3.63) is 42.5 Å². The van der Waals surface area contributed by atoms with Gasteiger partial charge in [-0.3, -0.25) is 4.79 Å². The van der Waals surface area contributed by atoms with Gasteiger partial charge in [-0.2, -0.15) is 0 Å². The van der Waals surface area contributed by atoms with E-state index in [1.165, 1.54) is 0 Å². The van der Waals surface area contributed by atoms with Gasteiger partial charge in [0.25, 0.3) is 5.91 Å². The third kappa shape index (κ3) is 3.95. The zero-order valence-electron chi connectivity index (χ0n) is 12.6. The summed E-state index contributed by atoms with van der Waals surface area (Å²) in [7, 11) is 1.61. The summed E-state index contributed by atoms with van der Waals surface area (Å²) in [5.74, 6) is 0.572. The van der Waals surface area contributed by atoms with Crippen LogP contribution in [0.5, 0.6) is 5.75 Å². The lowest BCUT2D eigenvalue weighted by Gasteiger charge is -2.19. The van der Waals surface area contributed by atoms with Crippen molar-refractivity contribution in [1.29, 1.82) is 0 Å². The van der Waals surface area contributed by atoms with Crippen molar-refractivity contribution < 1.29 is 14.3 Å². The average Bonchev–Trinajstić information content (AvgIpc) is 2.47. The molecule has 0 fully saturated rings. The standard InChI is InChI=1S/C17H21NO3/c1-12(11-20-3)18-17(19)13(2)21-16-10-6-8-14-7-4-5-9-15(14)16/h4-10,12-13H,11H2,1-3H3,(H,18,19)/t12-,13-/m1/s1. The molecular formula is C17H21NO3. The van der Waals surface area contributed by atoms with Crippen molar-refractivity contribution in [3.8, 4) is 5.75 Å². The molecule has 2 aromatic carbocycles. The van der Waals surface area contributed by atoms with Crippen LogP contribution >= 0.6 is 0 Å². The Labute approximate surface area is 125 Å². The Hall–Kier alpha value is -2.07. The van der Waals surface area contributed by atoms with Crippen LogP contribution < -0.4 is 10.1 Å². The minimum absolute atomic E-state index is 0.0407. The number of hydrogen-bond donors (Lipinski definition) is 1. The van der Waals surface area contributed by atoms with Crippen LogP contribution in [0.25, 0.3) is 10.8 Å². The lowest BCUT2D eigenvalue weighted by molar-refractivity contribution is -0.128. The molecule has 0 radical (unpaired) electrons. The Morgan fingerprint density at radius 2 is 1.86 bits per heavy atom. The number of benzene rings is 2. The third-order valence-corrected chi connectivity index (χ3v) is 3.23. The van der Waals surface area contributed by atoms with Crippen LogP contribution in [0.3, 0.4) is 0 Å². The van der Waals surface area contributed by atoms with E-state index in [0.29, 0.717) is 6.61 Å². The fourth-order valence-electron chi connectivity index (χ4n) is 2.19. The van der Waals surface area contributed by atoms with E-state index >= 15 is 0 Å². The number of rotatable bonds is 6. The van der Waals surface area contributed by atoms with Crippen LogP contribution in [-0.2, 0) is 9.53 Å². The van der Waals surface area contributed by atoms with Gasteiger partial charge in [0.15, 0.2) is 6.10 Å². The van der Waals surface area contributed by atoms with E-state index in [1.54, 1.807) is 14.0 Å². The van der Waals surface area contributed by atoms with Crippen molar-refractivity contribution in [2.45, 2.75) is 26.0 Å². The molecule has 0 saturated heterocycles. The molecule has 0 bridgehead atoms. The normalized spacial score (nSPS) is 13.7. The fourth-order valence-corrected chi connectivity index (χ4v) is 2.19. The molecule has 2 atom stereocenters. The van der Waals surface area contributed by atoms with Gasteiger partial charge in [-0.05, 0) is 25.3 Å². The summed E-state index contributed by atoms with van der Waals surface area (Å²) in [6.45, 7) is 4.12. The first-order chi connectivity index (χ1) is 10.1. The van der Waals surface area contributed by atoms with Crippen LogP contribution in [0.1, 0.15) is 13.8 Å². The number of nitrogens with one attached hydrogen (secondary N) is 1. The Balaban J connectivity index is 2.07. The number of carbonyl (C=O) groups is 1. The van der Waals surface area contributed by atoms with E-state index in [4.69, 9.17) is 9.47 Å². The van der Waals surface area contributed by atoms with Gasteiger partial charge in [0.2, 0.25) is 0 Å². The Morgan fingerprint density at radius 1 is 1.14 bits per heavy atom. The van der Waals surface area contributed by atoms with Gasteiger partial charge in [-0.15, -0.1) is 0 Å². The molecule has 1 N–H and O–H groups in total. The highest BCUT2D eigenvalue weighted by atomic mass is 16.5. The van der Waals surface area contributed by atoms with E-state index in [1.807, 2.05) is 49.4 Å². The molecule has 112 valence electrons. The van der Waals surface area contributed by atoms with Gasteiger partial charge in [-0.1, -0.05) is 36.4 Å². The molecule has 0 saturated carbocycles. The largest absolute Gasteiger partial charge is 0.480 e. The van der Waals surface area contributed by atoms with Crippen LogP contribution in [0.2, 0.25) is 0 Å². The fraction of sp³-hybridized carbons (Fsp3) is 0.353. The second-order valence-corrected chi connectivity index (χ2v) is 5.10. The van der Waals surface area contributed by atoms with Gasteiger partial charge in [-0.25, -0.2) is 0 Å². The number of amides is 1. The first-order valence-corrected chi connectivity index (χ1v) is 7.05. The minimum atomic E-state index is -0.560. The minimum Gasteiger partial charge on any atom is -0.480 e. The summed E-state index contributed by atoms with van der Waals surface area (Å²) in [4.78, 5) is 12.1. The molecule has 0 heterocycles. The maximum atomic E-state index is 12.1. The lowest BCUT2D eigenvalue weighted by Crippen LogP contribution is -2.43. The lowest BCUT2D eigenvalue weighted by atomic mass is 10.1. The van der Waals surface area contributed by atoms with Crippen LogP contribution in [0.4, 0.5) is 0 Å². The number of carbonyl (C=O) groups excluding carboxylic acids is 1. The number of hydrogen-bond acceptors (Lipinski definition) is 3. The Bertz CT molecular complexity index is 607. The third-order valence-electron chi connectivity index (χ3n) is 3.23. The summed E-state index contributed by atoms with van der Waals surface area (Å²) in [6.07, 6.45) is -0.560. The first kappa shape index (κ1) is 15.3. The highest BCUT2D eigenvalue weighted by Crippen LogP contribution is 2.25. The van der Waals surface area contributed by atoms with Crippen molar-refractivity contribution in [2.24, 2.45) is 0 Å². The van der Waals surface area contributed by atoms with E-state index in [-0.39, 0.29) is 11.9 Å². The number of ether oxygens (including phenoxy) is 2. The first-order valence-electron chi connectivity index (χ1n) is 7.05. The second kappa shape index (κ2) is 7.09. The Kier molecular flexibility index (Phi) is 5.17. The zero-order chi connectivity index (χ0) is 15.2. The topological polar surface area (TPSA) is 47.6 Å². The predicted octanol–water partition coefficient (Wildman–Crippen LogP) is 2.76. The summed E-state index contributed by atoms with van der Waals surface area (Å²) in [5.41, 5.74) is 0. The molecule has 0 aliphatic carbocycles. The maximum Gasteiger partial charge on any atom is 0.261 e. The maximum absolute atomic E-state index is 12.1. The molecule has 4 heteroatoms. The molecule has 2 aromatic rings. The monoisotopic (exact) mass is 287 g/mol. The van der Waals surface area contributed by atoms with Crippen molar-refractivity contribution in [2.75, 3.05) is 13.7 Å². The van der Waals surface area contributed by atoms with Crippen LogP contribution in [0.15, 0.2) is 42.5 Å². The molecule has 0 aliphatic rings. The van der Waals surface area contributed by atoms with Gasteiger partial charge in [0.05, 0.1) is 6.61 Å². The quantitative estimate of drug-likeness (QED) is 0.888. The van der Waals surface area contributed by atoms with E-state index in [2.05, 4.69) is 5.32 Å². The zero-order valence-corrected chi connectivity index (χ0v) is 12.6. The molecule has 0 spiro atoms. The van der Waals surface area contributed by atoms with Gasteiger partial charge in [0, 0.05) is 18.5 Å². The average molecular weight is 287 g/mol. The van der Waals surface area contributed by atoms with Crippen molar-refractivity contribution in [3.63, 3.8) is 0 Å². The van der Waals surface area contributed by atoms with Gasteiger partial charge < -0.3 is 14.8 Å². The number of fused-ring (bicyclic) bond motifs is 1. The molecule has 1 amide bonds. The molecular weight excluding hydrogens is 266 g/mol. The Morgan fingerprint density at radius 3 is 2.62 bits per heavy atom. The molecule has 4 nitrogen and oxygen atoms in total. The van der Waals surface area contributed by atoms with Gasteiger partial charge >= 0.3 is 0 Å². The second-order valence-electron chi connectivity index (χ2n) is 5.10. The number of methoxy groups -OCH3 is 1. The molecule has 2 rings (SSSR count). The highest BCUT2D eigenvalue weighted by molar-refractivity contribution is 5.89. The predicted molar refractivity (Wildman–Crippen MR) is 83.5 cm³/mol. The van der Waals surface area contributed by atoms with Crippen molar-refractivity contribution >= 4 is 16.7 Å². The van der Waals surface area contributed by atoms with E-state index in [9.17, 15) is 4.79 Å².